The Kier molecular flexibility index (Phi) is 8.60. The van der Waals surface area contributed by atoms with Gasteiger partial charge < -0.3 is 26.2 Å². The molecule has 0 radical (unpaired) electrons. The minimum absolute atomic E-state index is 0.00982. The van der Waals surface area contributed by atoms with Crippen molar-refractivity contribution in [2.75, 3.05) is 41.3 Å². The Hall–Kier alpha value is -3.77. The first-order chi connectivity index (χ1) is 20.8. The maximum atomic E-state index is 14.0. The zero-order valence-electron chi connectivity index (χ0n) is 25.5. The molecule has 0 heterocycles. The lowest BCUT2D eigenvalue weighted by molar-refractivity contribution is -0.181. The molecule has 5 N–H and O–H groups in total. The summed E-state index contributed by atoms with van der Waals surface area (Å²) in [6, 6.07) is 9.92. The summed E-state index contributed by atoms with van der Waals surface area (Å²) in [4.78, 5) is 70.6. The van der Waals surface area contributed by atoms with Crippen molar-refractivity contribution in [1.82, 2.24) is 15.1 Å². The van der Waals surface area contributed by atoms with Gasteiger partial charge in [-0.1, -0.05) is 24.3 Å². The van der Waals surface area contributed by atoms with Crippen molar-refractivity contribution in [1.29, 1.82) is 0 Å². The Morgan fingerprint density at radius 1 is 1.07 bits per heavy atom. The lowest BCUT2D eigenvalue weighted by atomic mass is 9.52. The molecule has 11 heteroatoms. The quantitative estimate of drug-likeness (QED) is 0.234. The number of phenolic OH excluding ortho intramolecular Hbond substituents is 1. The number of carbonyl (C=O) groups excluding carboxylic acids is 5. The van der Waals surface area contributed by atoms with Crippen LogP contribution < -0.4 is 11.1 Å². The van der Waals surface area contributed by atoms with Crippen molar-refractivity contribution in [2.45, 2.75) is 37.5 Å². The summed E-state index contributed by atoms with van der Waals surface area (Å²) in [5.41, 5.74) is 5.84. The van der Waals surface area contributed by atoms with Crippen LogP contribution in [0.3, 0.4) is 0 Å². The molecule has 44 heavy (non-hydrogen) atoms. The van der Waals surface area contributed by atoms with Crippen LogP contribution in [0, 0.1) is 23.7 Å². The van der Waals surface area contributed by atoms with Crippen molar-refractivity contribution in [3.63, 3.8) is 0 Å². The summed E-state index contributed by atoms with van der Waals surface area (Å²) in [5.74, 6) is -10.5. The van der Waals surface area contributed by atoms with Gasteiger partial charge in [-0.05, 0) is 101 Å². The average molecular weight is 605 g/mol. The third-order valence-electron chi connectivity index (χ3n) is 9.47. The van der Waals surface area contributed by atoms with Gasteiger partial charge in [0.15, 0.2) is 34.7 Å². The second kappa shape index (κ2) is 12.0. The number of hydrogen-bond donors (Lipinski definition) is 4. The molecule has 2 aromatic carbocycles. The topological polar surface area (TPSA) is 170 Å². The zero-order valence-corrected chi connectivity index (χ0v) is 25.5. The number of nitrogens with one attached hydrogen (secondary N) is 1. The van der Waals surface area contributed by atoms with Crippen molar-refractivity contribution in [2.24, 2.45) is 29.4 Å². The van der Waals surface area contributed by atoms with Crippen LogP contribution in [-0.2, 0) is 32.1 Å². The Morgan fingerprint density at radius 3 is 2.45 bits per heavy atom. The highest BCUT2D eigenvalue weighted by atomic mass is 16.3. The highest BCUT2D eigenvalue weighted by molar-refractivity contribution is 6.32. The minimum atomic E-state index is -2.74. The van der Waals surface area contributed by atoms with Crippen molar-refractivity contribution in [3.05, 3.63) is 53.1 Å². The van der Waals surface area contributed by atoms with Gasteiger partial charge in [0.1, 0.15) is 5.75 Å². The summed E-state index contributed by atoms with van der Waals surface area (Å²) >= 11 is 0. The van der Waals surface area contributed by atoms with E-state index in [0.29, 0.717) is 12.1 Å². The lowest BCUT2D eigenvalue weighted by Gasteiger charge is -2.52. The monoisotopic (exact) mass is 604 g/mol. The fourth-order valence-electron chi connectivity index (χ4n) is 7.48. The second-order valence-electron chi connectivity index (χ2n) is 12.8. The number of hydrogen-bond acceptors (Lipinski definition) is 10. The molecule has 0 bridgehead atoms. The van der Waals surface area contributed by atoms with Crippen LogP contribution in [0.4, 0.5) is 0 Å². The van der Waals surface area contributed by atoms with Crippen LogP contribution in [0.5, 0.6) is 5.75 Å². The number of fused-ring (bicyclic) bond motifs is 3. The molecule has 2 fully saturated rings. The molecule has 0 saturated heterocycles. The Morgan fingerprint density at radius 2 is 1.80 bits per heavy atom. The SMILES string of the molecule is CN(C)CCCNCc1cccc(-c2ccc(O)c3c2C[C@H]2C[C@H]4[C@H](N(C)C)C(=O)C(C(N)=O)C(=O)[C@@]4(O)C(=O)C2C3=O)c1. The summed E-state index contributed by atoms with van der Waals surface area (Å²) in [6.45, 7) is 2.49. The van der Waals surface area contributed by atoms with Gasteiger partial charge in [-0.25, -0.2) is 0 Å². The van der Waals surface area contributed by atoms with E-state index in [-0.39, 0.29) is 24.2 Å². The molecule has 2 aromatic rings. The van der Waals surface area contributed by atoms with E-state index in [2.05, 4.69) is 10.2 Å². The van der Waals surface area contributed by atoms with Gasteiger partial charge in [-0.3, -0.25) is 28.9 Å². The number of ketones is 4. The molecule has 3 aliphatic carbocycles. The number of aromatic hydroxyl groups is 1. The van der Waals surface area contributed by atoms with Gasteiger partial charge in [-0.2, -0.15) is 0 Å². The molecule has 11 nitrogen and oxygen atoms in total. The molecule has 1 amide bonds. The highest BCUT2D eigenvalue weighted by Gasteiger charge is 2.69. The van der Waals surface area contributed by atoms with Crippen LogP contribution in [0.15, 0.2) is 36.4 Å². The number of nitrogens with two attached hydrogens (primary N) is 1. The van der Waals surface area contributed by atoms with Gasteiger partial charge in [0.05, 0.1) is 17.5 Å². The summed E-state index contributed by atoms with van der Waals surface area (Å²) < 4.78 is 0. The van der Waals surface area contributed by atoms with Gasteiger partial charge in [-0.15, -0.1) is 0 Å². The molecule has 5 rings (SSSR count). The maximum Gasteiger partial charge on any atom is 0.235 e. The number of Topliss-reactive ketones (excluding diaryl/α,β-unsaturated/α-hetero) is 4. The van der Waals surface area contributed by atoms with Gasteiger partial charge in [0.25, 0.3) is 0 Å². The first kappa shape index (κ1) is 31.6. The van der Waals surface area contributed by atoms with E-state index in [1.807, 2.05) is 38.4 Å². The maximum absolute atomic E-state index is 14.0. The minimum Gasteiger partial charge on any atom is -0.507 e. The van der Waals surface area contributed by atoms with E-state index < -0.39 is 64.4 Å². The Balaban J connectivity index is 1.51. The third kappa shape index (κ3) is 5.17. The normalized spacial score (nSPS) is 28.2. The third-order valence-corrected chi connectivity index (χ3v) is 9.47. The summed E-state index contributed by atoms with van der Waals surface area (Å²) in [7, 11) is 7.20. The average Bonchev–Trinajstić information content (AvgIpc) is 2.94. The number of nitrogens with zero attached hydrogens (tertiary/aromatic N) is 2. The number of likely N-dealkylation sites (N-methyl/N-ethyl adjacent to an activating group) is 1. The Labute approximate surface area is 256 Å². The number of aliphatic hydroxyl groups is 1. The number of carbonyl (C=O) groups is 5. The first-order valence-corrected chi connectivity index (χ1v) is 14.9. The van der Waals surface area contributed by atoms with E-state index in [1.54, 1.807) is 20.2 Å². The second-order valence-corrected chi connectivity index (χ2v) is 12.8. The predicted molar refractivity (Wildman–Crippen MR) is 162 cm³/mol. The molecule has 0 aliphatic heterocycles. The summed E-state index contributed by atoms with van der Waals surface area (Å²) in [5, 5.41) is 26.1. The molecule has 2 saturated carbocycles. The van der Waals surface area contributed by atoms with E-state index in [4.69, 9.17) is 5.73 Å². The van der Waals surface area contributed by atoms with Gasteiger partial charge >= 0.3 is 0 Å². The van der Waals surface area contributed by atoms with Gasteiger partial charge in [0.2, 0.25) is 5.91 Å². The van der Waals surface area contributed by atoms with E-state index >= 15 is 0 Å². The summed E-state index contributed by atoms with van der Waals surface area (Å²) in [6.07, 6.45) is 1.23. The van der Waals surface area contributed by atoms with Crippen LogP contribution in [0.25, 0.3) is 11.1 Å². The predicted octanol–water partition coefficient (Wildman–Crippen LogP) is 0.575. The Bertz CT molecular complexity index is 1540. The first-order valence-electron chi connectivity index (χ1n) is 14.9. The van der Waals surface area contributed by atoms with E-state index in [0.717, 1.165) is 36.2 Å². The van der Waals surface area contributed by atoms with E-state index in [1.165, 1.54) is 11.0 Å². The molecular formula is C33H40N4O7. The molecular weight excluding hydrogens is 564 g/mol. The lowest BCUT2D eigenvalue weighted by Crippen LogP contribution is -2.74. The van der Waals surface area contributed by atoms with E-state index in [9.17, 15) is 34.2 Å². The largest absolute Gasteiger partial charge is 0.507 e. The molecule has 3 aliphatic rings. The molecule has 2 unspecified atom stereocenters. The molecule has 0 spiro atoms. The number of primary amides is 1. The number of rotatable bonds is 9. The highest BCUT2D eigenvalue weighted by Crippen LogP contribution is 2.51. The number of benzene rings is 2. The van der Waals surface area contributed by atoms with Crippen molar-refractivity contribution in [3.8, 4) is 16.9 Å². The number of amides is 1. The standard InChI is InChI=1S/C33H40N4O7/c1-36(2)12-6-11-35-16-17-7-5-8-18(13-17)20-9-10-23(38)25-21(20)14-19-15-22-27(37(3)4)29(40)26(32(34)43)31(42)33(22,44)30(41)24(19)28(25)39/h5,7-10,13,19,22,24,26-27,35,38,44H,6,11-12,14-16H2,1-4H3,(H2,34,43)/t19-,22-,24?,26?,27-,33-/m0/s1. The van der Waals surface area contributed by atoms with Crippen molar-refractivity contribution < 1.29 is 34.2 Å². The fourth-order valence-corrected chi connectivity index (χ4v) is 7.48. The van der Waals surface area contributed by atoms with Crippen LogP contribution >= 0.6 is 0 Å². The smallest absolute Gasteiger partial charge is 0.235 e. The molecule has 0 aromatic heterocycles. The fraction of sp³-hybridized carbons (Fsp3) is 0.485. The van der Waals surface area contributed by atoms with Gasteiger partial charge in [0, 0.05) is 12.5 Å². The molecule has 6 atom stereocenters. The van der Waals surface area contributed by atoms with Crippen LogP contribution in [0.1, 0.15) is 34.3 Å². The zero-order chi connectivity index (χ0) is 32.1. The van der Waals surface area contributed by atoms with Crippen molar-refractivity contribution >= 4 is 29.0 Å². The molecule has 234 valence electrons. The van der Waals surface area contributed by atoms with Crippen LogP contribution in [0.2, 0.25) is 0 Å². The van der Waals surface area contributed by atoms with Crippen LogP contribution in [-0.4, -0.2) is 102 Å². The number of phenols is 1.